The summed E-state index contributed by atoms with van der Waals surface area (Å²) in [5.74, 6) is 0.0237. The second-order valence-electron chi connectivity index (χ2n) is 2.28. The van der Waals surface area contributed by atoms with Crippen molar-refractivity contribution in [3.05, 3.63) is 28.9 Å². The third kappa shape index (κ3) is 1.61. The monoisotopic (exact) mass is 160 g/mol. The fraction of sp³-hybridized carbons (Fsp3) is 0.111. The summed E-state index contributed by atoms with van der Waals surface area (Å²) >= 11 is 0. The standard InChI is InChI=1S/C9H8N2O/c1-7-8(3-2-6-11-7)9(12)4-5-10/h2-3,6,12H,1,4H2. The van der Waals surface area contributed by atoms with E-state index in [2.05, 4.69) is 11.6 Å². The van der Waals surface area contributed by atoms with Gasteiger partial charge in [0.1, 0.15) is 5.76 Å². The summed E-state index contributed by atoms with van der Waals surface area (Å²) < 4.78 is 0. The molecular weight excluding hydrogens is 152 g/mol. The molecule has 1 heterocycles. The summed E-state index contributed by atoms with van der Waals surface area (Å²) in [4.78, 5) is 3.88. The first-order valence-electron chi connectivity index (χ1n) is 3.45. The molecule has 0 spiro atoms. The minimum atomic E-state index is -0.00574. The summed E-state index contributed by atoms with van der Waals surface area (Å²) in [7, 11) is 0. The number of hydrogen-bond donors (Lipinski definition) is 1. The Morgan fingerprint density at radius 1 is 1.75 bits per heavy atom. The van der Waals surface area contributed by atoms with Crippen LogP contribution in [0.2, 0.25) is 0 Å². The molecule has 0 saturated carbocycles. The van der Waals surface area contributed by atoms with Crippen LogP contribution in [0.15, 0.2) is 18.3 Å². The van der Waals surface area contributed by atoms with Crippen molar-refractivity contribution >= 4 is 12.3 Å². The maximum absolute atomic E-state index is 9.32. The zero-order chi connectivity index (χ0) is 8.97. The van der Waals surface area contributed by atoms with E-state index in [4.69, 9.17) is 5.26 Å². The van der Waals surface area contributed by atoms with Crippen molar-refractivity contribution in [2.75, 3.05) is 0 Å². The lowest BCUT2D eigenvalue weighted by atomic mass is 10.2. The number of rotatable bonds is 1. The Hall–Kier alpha value is -1.82. The Morgan fingerprint density at radius 3 is 3.08 bits per heavy atom. The summed E-state index contributed by atoms with van der Waals surface area (Å²) in [6.07, 6.45) is 1.58. The molecule has 0 fully saturated rings. The lowest BCUT2D eigenvalue weighted by molar-refractivity contribution is 0.489. The van der Waals surface area contributed by atoms with E-state index in [0.717, 1.165) is 0 Å². The smallest absolute Gasteiger partial charge is 0.116 e. The normalized spacial score (nSPS) is 11.9. The van der Waals surface area contributed by atoms with Crippen LogP contribution >= 0.6 is 0 Å². The molecule has 12 heavy (non-hydrogen) atoms. The molecule has 0 aliphatic heterocycles. The first-order valence-corrected chi connectivity index (χ1v) is 3.45. The van der Waals surface area contributed by atoms with Crippen LogP contribution in [0.3, 0.4) is 0 Å². The Kier molecular flexibility index (Phi) is 2.44. The molecule has 60 valence electrons. The topological polar surface area (TPSA) is 56.9 Å². The quantitative estimate of drug-likeness (QED) is 0.632. The predicted molar refractivity (Wildman–Crippen MR) is 45.3 cm³/mol. The molecule has 0 aliphatic rings. The van der Waals surface area contributed by atoms with Gasteiger partial charge in [0.05, 0.1) is 17.8 Å². The first-order chi connectivity index (χ1) is 5.75. The second kappa shape index (κ2) is 3.54. The van der Waals surface area contributed by atoms with Crippen molar-refractivity contribution in [3.63, 3.8) is 0 Å². The van der Waals surface area contributed by atoms with Crippen molar-refractivity contribution in [1.29, 1.82) is 5.26 Å². The highest BCUT2D eigenvalue weighted by Gasteiger charge is 1.93. The van der Waals surface area contributed by atoms with Gasteiger partial charge >= 0.3 is 0 Å². The third-order valence-electron chi connectivity index (χ3n) is 1.45. The number of aromatic nitrogens is 1. The average Bonchev–Trinajstić information content (AvgIpc) is 2.05. The summed E-state index contributed by atoms with van der Waals surface area (Å²) in [5.41, 5.74) is 0. The van der Waals surface area contributed by atoms with Crippen LogP contribution in [-0.2, 0) is 0 Å². The van der Waals surface area contributed by atoms with E-state index in [-0.39, 0.29) is 12.2 Å². The van der Waals surface area contributed by atoms with Gasteiger partial charge in [0.25, 0.3) is 0 Å². The molecule has 1 aromatic heterocycles. The fourth-order valence-electron chi connectivity index (χ4n) is 0.871. The molecule has 3 nitrogen and oxygen atoms in total. The van der Waals surface area contributed by atoms with Crippen LogP contribution in [-0.4, -0.2) is 10.1 Å². The summed E-state index contributed by atoms with van der Waals surface area (Å²) in [6.45, 7) is 3.62. The largest absolute Gasteiger partial charge is 0.511 e. The Morgan fingerprint density at radius 2 is 2.50 bits per heavy atom. The Bertz CT molecular complexity index is 417. The molecule has 0 radical (unpaired) electrons. The van der Waals surface area contributed by atoms with Gasteiger partial charge in [-0.25, -0.2) is 0 Å². The maximum atomic E-state index is 9.32. The van der Waals surface area contributed by atoms with Gasteiger partial charge in [0, 0.05) is 11.4 Å². The number of pyridine rings is 1. The molecule has 3 heteroatoms. The molecule has 0 bridgehead atoms. The molecule has 0 aliphatic carbocycles. The molecule has 1 aromatic rings. The van der Waals surface area contributed by atoms with Gasteiger partial charge in [-0.3, -0.25) is 4.98 Å². The van der Waals surface area contributed by atoms with Gasteiger partial charge in [-0.2, -0.15) is 5.26 Å². The van der Waals surface area contributed by atoms with E-state index in [9.17, 15) is 5.11 Å². The zero-order valence-electron chi connectivity index (χ0n) is 6.49. The lowest BCUT2D eigenvalue weighted by Crippen LogP contribution is -2.28. The van der Waals surface area contributed by atoms with Crippen LogP contribution in [0.4, 0.5) is 0 Å². The van der Waals surface area contributed by atoms with E-state index >= 15 is 0 Å². The van der Waals surface area contributed by atoms with Crippen molar-refractivity contribution in [2.24, 2.45) is 0 Å². The number of aliphatic hydroxyl groups is 1. The van der Waals surface area contributed by atoms with E-state index in [1.807, 2.05) is 6.07 Å². The van der Waals surface area contributed by atoms with E-state index in [0.29, 0.717) is 10.6 Å². The van der Waals surface area contributed by atoms with Crippen LogP contribution in [0.5, 0.6) is 0 Å². The van der Waals surface area contributed by atoms with Crippen molar-refractivity contribution in [1.82, 2.24) is 4.98 Å². The van der Waals surface area contributed by atoms with Crippen LogP contribution < -0.4 is 10.6 Å². The summed E-state index contributed by atoms with van der Waals surface area (Å²) in [6, 6.07) is 5.23. The third-order valence-corrected chi connectivity index (χ3v) is 1.45. The van der Waals surface area contributed by atoms with Crippen LogP contribution in [0.1, 0.15) is 6.42 Å². The molecule has 0 saturated heterocycles. The Balaban J connectivity index is 3.37. The zero-order valence-corrected chi connectivity index (χ0v) is 6.49. The molecule has 1 rings (SSSR count). The number of aliphatic hydroxyl groups excluding tert-OH is 1. The predicted octanol–water partition coefficient (Wildman–Crippen LogP) is 0.0718. The highest BCUT2D eigenvalue weighted by Crippen LogP contribution is 1.89. The molecule has 0 amide bonds. The molecule has 1 N–H and O–H groups in total. The number of nitriles is 1. The second-order valence-corrected chi connectivity index (χ2v) is 2.28. The van der Waals surface area contributed by atoms with Crippen molar-refractivity contribution in [2.45, 2.75) is 6.42 Å². The maximum Gasteiger partial charge on any atom is 0.116 e. The van der Waals surface area contributed by atoms with Crippen molar-refractivity contribution in [3.8, 4) is 6.07 Å². The highest BCUT2D eigenvalue weighted by atomic mass is 16.3. The minimum Gasteiger partial charge on any atom is -0.511 e. The first kappa shape index (κ1) is 8.28. The Labute approximate surface area is 69.9 Å². The van der Waals surface area contributed by atoms with Gasteiger partial charge in [-0.05, 0) is 12.1 Å². The van der Waals surface area contributed by atoms with Gasteiger partial charge < -0.3 is 5.11 Å². The molecule has 0 atom stereocenters. The van der Waals surface area contributed by atoms with Gasteiger partial charge in [-0.15, -0.1) is 0 Å². The average molecular weight is 160 g/mol. The number of nitrogens with zero attached hydrogens (tertiary/aromatic N) is 2. The van der Waals surface area contributed by atoms with E-state index in [1.165, 1.54) is 0 Å². The fourth-order valence-corrected chi connectivity index (χ4v) is 0.871. The molecular formula is C9H8N2O. The SMILES string of the molecule is C=c1ncccc1=C(O)CC#N. The van der Waals surface area contributed by atoms with Gasteiger partial charge in [0.15, 0.2) is 0 Å². The van der Waals surface area contributed by atoms with Gasteiger partial charge in [-0.1, -0.05) is 6.58 Å². The van der Waals surface area contributed by atoms with Crippen LogP contribution in [0.25, 0.3) is 12.3 Å². The van der Waals surface area contributed by atoms with Gasteiger partial charge in [0.2, 0.25) is 0 Å². The van der Waals surface area contributed by atoms with Crippen LogP contribution in [0, 0.1) is 11.3 Å². The molecule has 0 unspecified atom stereocenters. The summed E-state index contributed by atoms with van der Waals surface area (Å²) in [5, 5.41) is 18.7. The van der Waals surface area contributed by atoms with Crippen molar-refractivity contribution < 1.29 is 5.11 Å². The van der Waals surface area contributed by atoms with E-state index < -0.39 is 0 Å². The van der Waals surface area contributed by atoms with E-state index in [1.54, 1.807) is 18.3 Å². The lowest BCUT2D eigenvalue weighted by Gasteiger charge is -1.91. The number of hydrogen-bond acceptors (Lipinski definition) is 3. The minimum absolute atomic E-state index is 0.00574. The molecule has 0 aromatic carbocycles. The highest BCUT2D eigenvalue weighted by molar-refractivity contribution is 5.37.